The zero-order chi connectivity index (χ0) is 10.1. The average molecular weight is 259 g/mol. The standard InChI is InChI=1S/C9H5BrF2N2/c10-8-5-13-14(9(8)12)7-3-1-2-6(11)4-7/h1-5H. The second-order valence-electron chi connectivity index (χ2n) is 2.67. The number of hydrogen-bond acceptors (Lipinski definition) is 1. The van der Waals surface area contributed by atoms with Crippen LogP contribution in [0.5, 0.6) is 0 Å². The number of nitrogens with zero attached hydrogens (tertiary/aromatic N) is 2. The van der Waals surface area contributed by atoms with Gasteiger partial charge in [0.15, 0.2) is 0 Å². The zero-order valence-electron chi connectivity index (χ0n) is 6.92. The molecule has 0 saturated heterocycles. The predicted octanol–water partition coefficient (Wildman–Crippen LogP) is 2.91. The molecule has 0 unspecified atom stereocenters. The lowest BCUT2D eigenvalue weighted by molar-refractivity contribution is 0.530. The molecule has 0 bridgehead atoms. The van der Waals surface area contributed by atoms with Crippen LogP contribution in [0.25, 0.3) is 5.69 Å². The Morgan fingerprint density at radius 3 is 2.64 bits per heavy atom. The van der Waals surface area contributed by atoms with Gasteiger partial charge in [0.25, 0.3) is 0 Å². The first-order chi connectivity index (χ1) is 6.68. The van der Waals surface area contributed by atoms with Gasteiger partial charge < -0.3 is 0 Å². The summed E-state index contributed by atoms with van der Waals surface area (Å²) in [5, 5.41) is 3.75. The molecule has 0 radical (unpaired) electrons. The molecule has 72 valence electrons. The third-order valence-electron chi connectivity index (χ3n) is 1.72. The van der Waals surface area contributed by atoms with Crippen molar-refractivity contribution in [2.45, 2.75) is 0 Å². The van der Waals surface area contributed by atoms with E-state index in [1.807, 2.05) is 0 Å². The van der Waals surface area contributed by atoms with Crippen LogP contribution < -0.4 is 0 Å². The Bertz CT molecular complexity index is 468. The van der Waals surface area contributed by atoms with E-state index in [2.05, 4.69) is 21.0 Å². The van der Waals surface area contributed by atoms with Crippen LogP contribution in [0.15, 0.2) is 34.9 Å². The maximum atomic E-state index is 13.3. The minimum atomic E-state index is -0.546. The first-order valence-corrected chi connectivity index (χ1v) is 4.63. The third kappa shape index (κ3) is 1.55. The van der Waals surface area contributed by atoms with Gasteiger partial charge in [-0.3, -0.25) is 0 Å². The van der Waals surface area contributed by atoms with E-state index >= 15 is 0 Å². The van der Waals surface area contributed by atoms with Gasteiger partial charge in [-0.1, -0.05) is 6.07 Å². The first-order valence-electron chi connectivity index (χ1n) is 3.83. The van der Waals surface area contributed by atoms with Crippen molar-refractivity contribution in [1.29, 1.82) is 0 Å². The van der Waals surface area contributed by atoms with E-state index in [1.54, 1.807) is 6.07 Å². The lowest BCUT2D eigenvalue weighted by atomic mass is 10.3. The first kappa shape index (κ1) is 9.33. The lowest BCUT2D eigenvalue weighted by Gasteiger charge is -2.01. The quantitative estimate of drug-likeness (QED) is 0.769. The SMILES string of the molecule is Fc1cccc(-n2ncc(Br)c2F)c1. The molecule has 0 aliphatic rings. The van der Waals surface area contributed by atoms with Crippen LogP contribution in [0, 0.1) is 11.8 Å². The van der Waals surface area contributed by atoms with Gasteiger partial charge in [-0.25, -0.2) is 9.07 Å². The summed E-state index contributed by atoms with van der Waals surface area (Å²) >= 11 is 2.98. The van der Waals surface area contributed by atoms with Gasteiger partial charge in [-0.05, 0) is 34.1 Å². The van der Waals surface area contributed by atoms with E-state index in [9.17, 15) is 8.78 Å². The summed E-state index contributed by atoms with van der Waals surface area (Å²) in [7, 11) is 0. The Morgan fingerprint density at radius 1 is 1.29 bits per heavy atom. The number of hydrogen-bond donors (Lipinski definition) is 0. The Kier molecular flexibility index (Phi) is 2.33. The van der Waals surface area contributed by atoms with Crippen LogP contribution >= 0.6 is 15.9 Å². The van der Waals surface area contributed by atoms with Gasteiger partial charge in [0.2, 0.25) is 5.95 Å². The molecule has 0 aliphatic heterocycles. The van der Waals surface area contributed by atoms with Crippen LogP contribution in [0.4, 0.5) is 8.78 Å². The summed E-state index contributed by atoms with van der Waals surface area (Å²) in [6.07, 6.45) is 1.32. The Morgan fingerprint density at radius 2 is 2.07 bits per heavy atom. The molecule has 1 heterocycles. The van der Waals surface area contributed by atoms with Gasteiger partial charge in [-0.15, -0.1) is 0 Å². The molecular formula is C9H5BrF2N2. The molecule has 0 amide bonds. The smallest absolute Gasteiger partial charge is 0.207 e. The van der Waals surface area contributed by atoms with Gasteiger partial charge >= 0.3 is 0 Å². The molecule has 2 aromatic rings. The average Bonchev–Trinajstić information content (AvgIpc) is 2.48. The van der Waals surface area contributed by atoms with E-state index < -0.39 is 11.8 Å². The molecular weight excluding hydrogens is 254 g/mol. The normalized spacial score (nSPS) is 10.5. The highest BCUT2D eigenvalue weighted by Gasteiger charge is 2.09. The zero-order valence-corrected chi connectivity index (χ0v) is 8.50. The predicted molar refractivity (Wildman–Crippen MR) is 51.2 cm³/mol. The van der Waals surface area contributed by atoms with Crippen LogP contribution in [0.1, 0.15) is 0 Å². The number of aromatic nitrogens is 2. The molecule has 0 aliphatic carbocycles. The summed E-state index contributed by atoms with van der Waals surface area (Å²) < 4.78 is 27.4. The van der Waals surface area contributed by atoms with Crippen molar-refractivity contribution in [3.63, 3.8) is 0 Å². The van der Waals surface area contributed by atoms with Crippen molar-refractivity contribution < 1.29 is 8.78 Å². The summed E-state index contributed by atoms with van der Waals surface area (Å²) in [5.74, 6) is -0.968. The molecule has 0 fully saturated rings. The largest absolute Gasteiger partial charge is 0.230 e. The Balaban J connectivity index is 2.55. The van der Waals surface area contributed by atoms with Crippen LogP contribution in [-0.2, 0) is 0 Å². The number of benzene rings is 1. The van der Waals surface area contributed by atoms with Crippen molar-refractivity contribution in [2.24, 2.45) is 0 Å². The second kappa shape index (κ2) is 3.49. The minimum absolute atomic E-state index is 0.252. The number of rotatable bonds is 1. The molecule has 2 nitrogen and oxygen atoms in total. The number of halogens is 3. The fourth-order valence-electron chi connectivity index (χ4n) is 1.10. The molecule has 0 atom stereocenters. The highest BCUT2D eigenvalue weighted by Crippen LogP contribution is 2.18. The summed E-state index contributed by atoms with van der Waals surface area (Å²) in [4.78, 5) is 0. The van der Waals surface area contributed by atoms with Crippen molar-refractivity contribution >= 4 is 15.9 Å². The maximum absolute atomic E-state index is 13.3. The third-order valence-corrected chi connectivity index (χ3v) is 2.25. The second-order valence-corrected chi connectivity index (χ2v) is 3.53. The summed E-state index contributed by atoms with van der Waals surface area (Å²) in [6, 6.07) is 5.58. The van der Waals surface area contributed by atoms with Crippen LogP contribution in [0.3, 0.4) is 0 Å². The topological polar surface area (TPSA) is 17.8 Å². The molecule has 0 N–H and O–H groups in total. The molecule has 0 saturated carbocycles. The van der Waals surface area contributed by atoms with Crippen molar-refractivity contribution in [1.82, 2.24) is 9.78 Å². The lowest BCUT2D eigenvalue weighted by Crippen LogP contribution is -1.99. The van der Waals surface area contributed by atoms with Crippen LogP contribution in [0.2, 0.25) is 0 Å². The van der Waals surface area contributed by atoms with E-state index in [1.165, 1.54) is 24.4 Å². The highest BCUT2D eigenvalue weighted by atomic mass is 79.9. The van der Waals surface area contributed by atoms with E-state index in [4.69, 9.17) is 0 Å². The maximum Gasteiger partial charge on any atom is 0.230 e. The van der Waals surface area contributed by atoms with Crippen LogP contribution in [-0.4, -0.2) is 9.78 Å². The molecule has 0 spiro atoms. The Hall–Kier alpha value is -1.23. The molecule has 1 aromatic heterocycles. The molecule has 5 heteroatoms. The molecule has 14 heavy (non-hydrogen) atoms. The van der Waals surface area contributed by atoms with Crippen molar-refractivity contribution in [3.05, 3.63) is 46.7 Å². The molecule has 1 aromatic carbocycles. The Labute approximate surface area is 87.3 Å². The monoisotopic (exact) mass is 258 g/mol. The van der Waals surface area contributed by atoms with E-state index in [-0.39, 0.29) is 4.47 Å². The fraction of sp³-hybridized carbons (Fsp3) is 0. The van der Waals surface area contributed by atoms with E-state index in [0.717, 1.165) is 4.68 Å². The van der Waals surface area contributed by atoms with Gasteiger partial charge in [-0.2, -0.15) is 9.49 Å². The fourth-order valence-corrected chi connectivity index (χ4v) is 1.36. The van der Waals surface area contributed by atoms with E-state index in [0.29, 0.717) is 5.69 Å². The van der Waals surface area contributed by atoms with Gasteiger partial charge in [0, 0.05) is 0 Å². The summed E-state index contributed by atoms with van der Waals surface area (Å²) in [5.41, 5.74) is 0.355. The van der Waals surface area contributed by atoms with Gasteiger partial charge in [0.05, 0.1) is 16.4 Å². The van der Waals surface area contributed by atoms with Gasteiger partial charge in [0.1, 0.15) is 5.82 Å². The van der Waals surface area contributed by atoms with Crippen molar-refractivity contribution in [3.8, 4) is 5.69 Å². The minimum Gasteiger partial charge on any atom is -0.207 e. The van der Waals surface area contributed by atoms with Crippen molar-refractivity contribution in [2.75, 3.05) is 0 Å². The summed E-state index contributed by atoms with van der Waals surface area (Å²) in [6.45, 7) is 0. The highest BCUT2D eigenvalue weighted by molar-refractivity contribution is 9.10. The molecule has 2 rings (SSSR count).